The SMILES string of the molecule is CCOCCCNC(=O)C(C)(N)C1CC1. The van der Waals surface area contributed by atoms with Crippen LogP contribution in [-0.4, -0.2) is 31.2 Å². The van der Waals surface area contributed by atoms with Crippen molar-refractivity contribution in [3.05, 3.63) is 0 Å². The second-order valence-electron chi connectivity index (χ2n) is 4.36. The third kappa shape index (κ3) is 3.80. The fourth-order valence-corrected chi connectivity index (χ4v) is 1.58. The molecule has 88 valence electrons. The van der Waals surface area contributed by atoms with Gasteiger partial charge in [0.05, 0.1) is 5.54 Å². The Labute approximate surface area is 91.5 Å². The predicted octanol–water partition coefficient (Wildman–Crippen LogP) is 0.657. The van der Waals surface area contributed by atoms with E-state index in [0.717, 1.165) is 25.9 Å². The summed E-state index contributed by atoms with van der Waals surface area (Å²) in [5.41, 5.74) is 5.29. The van der Waals surface area contributed by atoms with Crippen LogP contribution in [-0.2, 0) is 9.53 Å². The van der Waals surface area contributed by atoms with Crippen LogP contribution in [0.5, 0.6) is 0 Å². The highest BCUT2D eigenvalue weighted by Gasteiger charge is 2.43. The van der Waals surface area contributed by atoms with Crippen molar-refractivity contribution in [1.82, 2.24) is 5.32 Å². The lowest BCUT2D eigenvalue weighted by molar-refractivity contribution is -0.126. The zero-order chi connectivity index (χ0) is 11.3. The Kier molecular flexibility index (Phi) is 4.54. The van der Waals surface area contributed by atoms with Gasteiger partial charge in [-0.3, -0.25) is 4.79 Å². The second-order valence-corrected chi connectivity index (χ2v) is 4.36. The van der Waals surface area contributed by atoms with Crippen LogP contribution in [0.4, 0.5) is 0 Å². The number of nitrogens with two attached hydrogens (primary N) is 1. The van der Waals surface area contributed by atoms with Crippen LogP contribution < -0.4 is 11.1 Å². The molecule has 1 fully saturated rings. The first-order valence-electron chi connectivity index (χ1n) is 5.74. The Balaban J connectivity index is 2.12. The average molecular weight is 214 g/mol. The molecule has 1 unspecified atom stereocenters. The Morgan fingerprint density at radius 2 is 2.27 bits per heavy atom. The zero-order valence-corrected chi connectivity index (χ0v) is 9.71. The van der Waals surface area contributed by atoms with E-state index in [-0.39, 0.29) is 5.91 Å². The fourth-order valence-electron chi connectivity index (χ4n) is 1.58. The third-order valence-electron chi connectivity index (χ3n) is 2.87. The molecule has 0 radical (unpaired) electrons. The molecule has 0 spiro atoms. The summed E-state index contributed by atoms with van der Waals surface area (Å²) < 4.78 is 5.18. The second kappa shape index (κ2) is 5.47. The van der Waals surface area contributed by atoms with Crippen molar-refractivity contribution in [2.24, 2.45) is 11.7 Å². The normalized spacial score (nSPS) is 19.7. The largest absolute Gasteiger partial charge is 0.382 e. The summed E-state index contributed by atoms with van der Waals surface area (Å²) in [4.78, 5) is 11.7. The molecule has 1 amide bonds. The summed E-state index contributed by atoms with van der Waals surface area (Å²) in [6.07, 6.45) is 3.01. The maximum Gasteiger partial charge on any atom is 0.240 e. The predicted molar refractivity (Wildman–Crippen MR) is 59.4 cm³/mol. The van der Waals surface area contributed by atoms with Gasteiger partial charge in [-0.2, -0.15) is 0 Å². The molecular formula is C11H22N2O2. The van der Waals surface area contributed by atoms with Gasteiger partial charge in [0, 0.05) is 19.8 Å². The summed E-state index contributed by atoms with van der Waals surface area (Å²) in [6, 6.07) is 0. The van der Waals surface area contributed by atoms with E-state index in [1.54, 1.807) is 0 Å². The quantitative estimate of drug-likeness (QED) is 0.612. The monoisotopic (exact) mass is 214 g/mol. The van der Waals surface area contributed by atoms with Gasteiger partial charge in [0.1, 0.15) is 0 Å². The fraction of sp³-hybridized carbons (Fsp3) is 0.909. The third-order valence-corrected chi connectivity index (χ3v) is 2.87. The van der Waals surface area contributed by atoms with Crippen LogP contribution in [0.2, 0.25) is 0 Å². The molecule has 3 N–H and O–H groups in total. The smallest absolute Gasteiger partial charge is 0.240 e. The molecule has 4 heteroatoms. The number of ether oxygens (including phenoxy) is 1. The Morgan fingerprint density at radius 1 is 1.60 bits per heavy atom. The number of carbonyl (C=O) groups is 1. The van der Waals surface area contributed by atoms with Crippen molar-refractivity contribution in [3.8, 4) is 0 Å². The minimum atomic E-state index is -0.675. The number of carbonyl (C=O) groups excluding carboxylic acids is 1. The molecule has 0 aliphatic heterocycles. The number of hydrogen-bond donors (Lipinski definition) is 2. The Hall–Kier alpha value is -0.610. The van der Waals surface area contributed by atoms with Gasteiger partial charge >= 0.3 is 0 Å². The molecule has 0 bridgehead atoms. The van der Waals surface area contributed by atoms with Crippen molar-refractivity contribution >= 4 is 5.91 Å². The zero-order valence-electron chi connectivity index (χ0n) is 9.71. The van der Waals surface area contributed by atoms with Crippen LogP contribution in [0.3, 0.4) is 0 Å². The first-order chi connectivity index (χ1) is 7.09. The lowest BCUT2D eigenvalue weighted by atomic mass is 9.96. The van der Waals surface area contributed by atoms with Crippen LogP contribution in [0.1, 0.15) is 33.1 Å². The molecular weight excluding hydrogens is 192 g/mol. The molecule has 0 saturated heterocycles. The van der Waals surface area contributed by atoms with Gasteiger partial charge in [0.25, 0.3) is 0 Å². The first kappa shape index (κ1) is 12.5. The van der Waals surface area contributed by atoms with E-state index < -0.39 is 5.54 Å². The molecule has 1 saturated carbocycles. The highest BCUT2D eigenvalue weighted by Crippen LogP contribution is 2.37. The summed E-state index contributed by atoms with van der Waals surface area (Å²) >= 11 is 0. The topological polar surface area (TPSA) is 64.3 Å². The number of rotatable bonds is 7. The van der Waals surface area contributed by atoms with Crippen molar-refractivity contribution in [3.63, 3.8) is 0 Å². The van der Waals surface area contributed by atoms with Gasteiger partial charge in [0.2, 0.25) is 5.91 Å². The van der Waals surface area contributed by atoms with Crippen LogP contribution >= 0.6 is 0 Å². The van der Waals surface area contributed by atoms with E-state index in [0.29, 0.717) is 19.1 Å². The van der Waals surface area contributed by atoms with Gasteiger partial charge in [-0.25, -0.2) is 0 Å². The lowest BCUT2D eigenvalue weighted by Crippen LogP contribution is -2.53. The summed E-state index contributed by atoms with van der Waals surface area (Å²) in [5.74, 6) is 0.353. The lowest BCUT2D eigenvalue weighted by Gasteiger charge is -2.23. The molecule has 1 atom stereocenters. The summed E-state index contributed by atoms with van der Waals surface area (Å²) in [5, 5.41) is 2.86. The van der Waals surface area contributed by atoms with Crippen LogP contribution in [0, 0.1) is 5.92 Å². The van der Waals surface area contributed by atoms with Gasteiger partial charge in [-0.1, -0.05) is 0 Å². The van der Waals surface area contributed by atoms with E-state index in [1.807, 2.05) is 13.8 Å². The maximum atomic E-state index is 11.7. The van der Waals surface area contributed by atoms with Gasteiger partial charge in [-0.15, -0.1) is 0 Å². The Bertz CT molecular complexity index is 213. The highest BCUT2D eigenvalue weighted by molar-refractivity contribution is 5.86. The van der Waals surface area contributed by atoms with Crippen LogP contribution in [0.15, 0.2) is 0 Å². The van der Waals surface area contributed by atoms with E-state index in [4.69, 9.17) is 10.5 Å². The first-order valence-corrected chi connectivity index (χ1v) is 5.74. The molecule has 0 heterocycles. The summed E-state index contributed by atoms with van der Waals surface area (Å²) in [6.45, 7) is 5.86. The van der Waals surface area contributed by atoms with Crippen molar-refractivity contribution in [1.29, 1.82) is 0 Å². The highest BCUT2D eigenvalue weighted by atomic mass is 16.5. The van der Waals surface area contributed by atoms with E-state index in [9.17, 15) is 4.79 Å². The van der Waals surface area contributed by atoms with Gasteiger partial charge in [0.15, 0.2) is 0 Å². The molecule has 15 heavy (non-hydrogen) atoms. The number of hydrogen-bond acceptors (Lipinski definition) is 3. The van der Waals surface area contributed by atoms with Gasteiger partial charge in [-0.05, 0) is 39.0 Å². The minimum Gasteiger partial charge on any atom is -0.382 e. The number of amides is 1. The van der Waals surface area contributed by atoms with E-state index >= 15 is 0 Å². The molecule has 1 aliphatic carbocycles. The molecule has 0 aromatic heterocycles. The average Bonchev–Trinajstić information content (AvgIpc) is 3.00. The van der Waals surface area contributed by atoms with Crippen molar-refractivity contribution in [2.75, 3.05) is 19.8 Å². The molecule has 1 aliphatic rings. The van der Waals surface area contributed by atoms with Crippen LogP contribution in [0.25, 0.3) is 0 Å². The van der Waals surface area contributed by atoms with Gasteiger partial charge < -0.3 is 15.8 Å². The Morgan fingerprint density at radius 3 is 2.80 bits per heavy atom. The molecule has 0 aromatic rings. The minimum absolute atomic E-state index is 0.0264. The van der Waals surface area contributed by atoms with E-state index in [2.05, 4.69) is 5.32 Å². The van der Waals surface area contributed by atoms with E-state index in [1.165, 1.54) is 0 Å². The molecule has 0 aromatic carbocycles. The maximum absolute atomic E-state index is 11.7. The van der Waals surface area contributed by atoms with Crippen molar-refractivity contribution in [2.45, 2.75) is 38.6 Å². The summed E-state index contributed by atoms with van der Waals surface area (Å²) in [7, 11) is 0. The standard InChI is InChI=1S/C11H22N2O2/c1-3-15-8-4-7-13-10(14)11(2,12)9-5-6-9/h9H,3-8,12H2,1-2H3,(H,13,14). The molecule has 4 nitrogen and oxygen atoms in total. The molecule has 1 rings (SSSR count). The van der Waals surface area contributed by atoms with Crippen molar-refractivity contribution < 1.29 is 9.53 Å². The number of nitrogens with one attached hydrogen (secondary N) is 1.